The summed E-state index contributed by atoms with van der Waals surface area (Å²) in [6, 6.07) is 16.9. The lowest BCUT2D eigenvalue weighted by Gasteiger charge is -2.25. The SMILES string of the molecule is CCOc1ccc([C@@H]2C(=C(O)c3ccc(OC(C)C)cc3)C(=O)C(=O)N2Cc2cccnc2)cc1. The smallest absolute Gasteiger partial charge is 0.295 e. The van der Waals surface area contributed by atoms with Crippen molar-refractivity contribution in [1.82, 2.24) is 9.88 Å². The highest BCUT2D eigenvalue weighted by Gasteiger charge is 2.46. The Morgan fingerprint density at radius 1 is 1.03 bits per heavy atom. The number of aromatic nitrogens is 1. The highest BCUT2D eigenvalue weighted by Crippen LogP contribution is 2.40. The molecule has 0 saturated carbocycles. The molecule has 7 nitrogen and oxygen atoms in total. The molecule has 3 aromatic rings. The molecule has 35 heavy (non-hydrogen) atoms. The molecule has 1 aromatic heterocycles. The van der Waals surface area contributed by atoms with Crippen molar-refractivity contribution in [2.24, 2.45) is 0 Å². The molecule has 1 N–H and O–H groups in total. The largest absolute Gasteiger partial charge is 0.507 e. The monoisotopic (exact) mass is 472 g/mol. The second kappa shape index (κ2) is 10.4. The van der Waals surface area contributed by atoms with E-state index in [1.165, 1.54) is 4.90 Å². The molecular formula is C28H28N2O5. The van der Waals surface area contributed by atoms with Gasteiger partial charge in [-0.25, -0.2) is 0 Å². The molecule has 1 aliphatic rings. The Kier molecular flexibility index (Phi) is 7.15. The van der Waals surface area contributed by atoms with Crippen LogP contribution in [-0.2, 0) is 16.1 Å². The Hall–Kier alpha value is -4.13. The number of amides is 1. The molecule has 180 valence electrons. The van der Waals surface area contributed by atoms with Crippen molar-refractivity contribution < 1.29 is 24.2 Å². The fourth-order valence-corrected chi connectivity index (χ4v) is 4.11. The van der Waals surface area contributed by atoms with Crippen LogP contribution in [-0.4, -0.2) is 39.4 Å². The predicted molar refractivity (Wildman–Crippen MR) is 132 cm³/mol. The molecule has 1 fully saturated rings. The van der Waals surface area contributed by atoms with Gasteiger partial charge in [0.15, 0.2) is 0 Å². The number of aliphatic hydroxyl groups is 1. The summed E-state index contributed by atoms with van der Waals surface area (Å²) < 4.78 is 11.2. The molecule has 1 aliphatic heterocycles. The quantitative estimate of drug-likeness (QED) is 0.285. The van der Waals surface area contributed by atoms with E-state index in [2.05, 4.69) is 4.98 Å². The third-order valence-electron chi connectivity index (χ3n) is 5.62. The third-order valence-corrected chi connectivity index (χ3v) is 5.62. The highest BCUT2D eigenvalue weighted by molar-refractivity contribution is 6.46. The van der Waals surface area contributed by atoms with Crippen LogP contribution in [0.25, 0.3) is 5.76 Å². The van der Waals surface area contributed by atoms with Crippen LogP contribution in [0, 0.1) is 0 Å². The van der Waals surface area contributed by atoms with Gasteiger partial charge in [0.05, 0.1) is 24.3 Å². The number of pyridine rings is 1. The molecule has 0 spiro atoms. The fraction of sp³-hybridized carbons (Fsp3) is 0.250. The van der Waals surface area contributed by atoms with Crippen LogP contribution in [0.2, 0.25) is 0 Å². The molecular weight excluding hydrogens is 444 g/mol. The van der Waals surface area contributed by atoms with Gasteiger partial charge in [0.2, 0.25) is 0 Å². The van der Waals surface area contributed by atoms with E-state index in [4.69, 9.17) is 9.47 Å². The number of Topliss-reactive ketones (excluding diaryl/α,β-unsaturated/α-hetero) is 1. The van der Waals surface area contributed by atoms with E-state index in [0.717, 1.165) is 5.56 Å². The molecule has 2 heterocycles. The number of carbonyl (C=O) groups is 2. The van der Waals surface area contributed by atoms with Gasteiger partial charge in [-0.1, -0.05) is 18.2 Å². The van der Waals surface area contributed by atoms with E-state index >= 15 is 0 Å². The first-order chi connectivity index (χ1) is 16.9. The van der Waals surface area contributed by atoms with Crippen LogP contribution >= 0.6 is 0 Å². The summed E-state index contributed by atoms with van der Waals surface area (Å²) in [4.78, 5) is 31.9. The number of rotatable bonds is 8. The van der Waals surface area contributed by atoms with Crippen LogP contribution in [0.4, 0.5) is 0 Å². The van der Waals surface area contributed by atoms with E-state index < -0.39 is 17.7 Å². The van der Waals surface area contributed by atoms with Gasteiger partial charge in [-0.15, -0.1) is 0 Å². The number of hydrogen-bond acceptors (Lipinski definition) is 6. The normalized spacial score (nSPS) is 17.1. The lowest BCUT2D eigenvalue weighted by molar-refractivity contribution is -0.140. The van der Waals surface area contributed by atoms with Crippen LogP contribution in [0.15, 0.2) is 78.6 Å². The number of carbonyl (C=O) groups excluding carboxylic acids is 2. The topological polar surface area (TPSA) is 89.0 Å². The highest BCUT2D eigenvalue weighted by atomic mass is 16.5. The fourth-order valence-electron chi connectivity index (χ4n) is 4.11. The van der Waals surface area contributed by atoms with Crippen molar-refractivity contribution >= 4 is 17.4 Å². The molecule has 4 rings (SSSR count). The zero-order valence-corrected chi connectivity index (χ0v) is 20.0. The predicted octanol–water partition coefficient (Wildman–Crippen LogP) is 4.89. The summed E-state index contributed by atoms with van der Waals surface area (Å²) in [6.45, 7) is 6.45. The number of ketones is 1. The molecule has 2 aromatic carbocycles. The van der Waals surface area contributed by atoms with Gasteiger partial charge in [-0.3, -0.25) is 14.6 Å². The Bertz CT molecular complexity index is 1220. The average Bonchev–Trinajstić information content (AvgIpc) is 3.10. The Morgan fingerprint density at radius 3 is 2.31 bits per heavy atom. The van der Waals surface area contributed by atoms with Gasteiger partial charge in [0.1, 0.15) is 17.3 Å². The van der Waals surface area contributed by atoms with Crippen molar-refractivity contribution in [3.8, 4) is 11.5 Å². The molecule has 0 aliphatic carbocycles. The molecule has 0 radical (unpaired) electrons. The van der Waals surface area contributed by atoms with Crippen molar-refractivity contribution in [3.05, 3.63) is 95.3 Å². The lowest BCUT2D eigenvalue weighted by atomic mass is 9.95. The minimum absolute atomic E-state index is 0.00640. The number of hydrogen-bond donors (Lipinski definition) is 1. The van der Waals surface area contributed by atoms with E-state index in [9.17, 15) is 14.7 Å². The van der Waals surface area contributed by atoms with Crippen LogP contribution in [0.3, 0.4) is 0 Å². The van der Waals surface area contributed by atoms with Gasteiger partial charge in [-0.2, -0.15) is 0 Å². The number of benzene rings is 2. The maximum absolute atomic E-state index is 13.2. The number of aliphatic hydroxyl groups excluding tert-OH is 1. The molecule has 1 amide bonds. The van der Waals surface area contributed by atoms with E-state index in [0.29, 0.717) is 29.2 Å². The van der Waals surface area contributed by atoms with Gasteiger partial charge in [-0.05, 0) is 74.4 Å². The lowest BCUT2D eigenvalue weighted by Crippen LogP contribution is -2.29. The third kappa shape index (κ3) is 5.19. The molecule has 0 bridgehead atoms. The van der Waals surface area contributed by atoms with Crippen LogP contribution in [0.5, 0.6) is 11.5 Å². The Balaban J connectivity index is 1.78. The number of likely N-dealkylation sites (tertiary alicyclic amines) is 1. The molecule has 1 saturated heterocycles. The molecule has 7 heteroatoms. The van der Waals surface area contributed by atoms with Crippen molar-refractivity contribution in [2.75, 3.05) is 6.61 Å². The summed E-state index contributed by atoms with van der Waals surface area (Å²) >= 11 is 0. The van der Waals surface area contributed by atoms with E-state index in [-0.39, 0.29) is 24.0 Å². The summed E-state index contributed by atoms with van der Waals surface area (Å²) in [7, 11) is 0. The zero-order chi connectivity index (χ0) is 24.9. The van der Waals surface area contributed by atoms with Gasteiger partial charge < -0.3 is 19.5 Å². The first-order valence-corrected chi connectivity index (χ1v) is 11.6. The maximum atomic E-state index is 13.2. The Labute approximate surface area is 204 Å². The van der Waals surface area contributed by atoms with Crippen molar-refractivity contribution in [2.45, 2.75) is 39.5 Å². The second-order valence-electron chi connectivity index (χ2n) is 8.48. The number of nitrogens with zero attached hydrogens (tertiary/aromatic N) is 2. The van der Waals surface area contributed by atoms with Gasteiger partial charge in [0.25, 0.3) is 11.7 Å². The van der Waals surface area contributed by atoms with E-state index in [1.54, 1.807) is 54.9 Å². The van der Waals surface area contributed by atoms with E-state index in [1.807, 2.05) is 39.0 Å². The van der Waals surface area contributed by atoms with Crippen molar-refractivity contribution in [3.63, 3.8) is 0 Å². The minimum Gasteiger partial charge on any atom is -0.507 e. The molecule has 0 unspecified atom stereocenters. The van der Waals surface area contributed by atoms with Crippen molar-refractivity contribution in [1.29, 1.82) is 0 Å². The summed E-state index contributed by atoms with van der Waals surface area (Å²) in [5.74, 6) is -0.299. The first-order valence-electron chi connectivity index (χ1n) is 11.6. The zero-order valence-electron chi connectivity index (χ0n) is 20.0. The van der Waals surface area contributed by atoms with Crippen LogP contribution in [0.1, 0.15) is 43.5 Å². The Morgan fingerprint density at radius 2 is 1.71 bits per heavy atom. The van der Waals surface area contributed by atoms with Gasteiger partial charge >= 0.3 is 0 Å². The second-order valence-corrected chi connectivity index (χ2v) is 8.48. The summed E-state index contributed by atoms with van der Waals surface area (Å²) in [6.07, 6.45) is 3.31. The number of ether oxygens (including phenoxy) is 2. The summed E-state index contributed by atoms with van der Waals surface area (Å²) in [5.41, 5.74) is 1.94. The maximum Gasteiger partial charge on any atom is 0.295 e. The average molecular weight is 473 g/mol. The minimum atomic E-state index is -0.766. The first kappa shape index (κ1) is 24.0. The van der Waals surface area contributed by atoms with Gasteiger partial charge in [0, 0.05) is 24.5 Å². The standard InChI is InChI=1S/C28H28N2O5/c1-4-34-22-11-7-20(8-12-22)25-24(26(31)21-9-13-23(14-10-21)35-18(2)3)27(32)28(33)30(25)17-19-6-5-15-29-16-19/h5-16,18,25,31H,4,17H2,1-3H3/t25-/m1/s1. The molecule has 1 atom stereocenters. The van der Waals surface area contributed by atoms with Crippen LogP contribution < -0.4 is 9.47 Å². The summed E-state index contributed by atoms with van der Waals surface area (Å²) in [5, 5.41) is 11.2.